The van der Waals surface area contributed by atoms with Crippen molar-refractivity contribution in [2.75, 3.05) is 0 Å². The van der Waals surface area contributed by atoms with Gasteiger partial charge in [0.15, 0.2) is 5.78 Å². The first kappa shape index (κ1) is 12.1. The van der Waals surface area contributed by atoms with Crippen molar-refractivity contribution in [3.05, 3.63) is 28.3 Å². The minimum Gasteiger partial charge on any atom is -0.293 e. The van der Waals surface area contributed by atoms with Gasteiger partial charge in [0.05, 0.1) is 22.2 Å². The molecule has 0 aliphatic carbocycles. The monoisotopic (exact) mass is 261 g/mol. The summed E-state index contributed by atoms with van der Waals surface area (Å²) in [6.07, 6.45) is -3.15. The van der Waals surface area contributed by atoms with E-state index in [0.29, 0.717) is 0 Å². The molecule has 0 bridgehead atoms. The summed E-state index contributed by atoms with van der Waals surface area (Å²) in [4.78, 5) is 15.6. The highest BCUT2D eigenvalue weighted by Crippen LogP contribution is 2.39. The number of hydrogen-bond acceptors (Lipinski definition) is 2. The van der Waals surface area contributed by atoms with Gasteiger partial charge in [0.25, 0.3) is 0 Å². The molecule has 1 aliphatic rings. The number of nitrogens with zero attached hydrogens (tertiary/aromatic N) is 1. The van der Waals surface area contributed by atoms with E-state index in [2.05, 4.69) is 4.99 Å². The second kappa shape index (κ2) is 3.84. The molecule has 0 fully saturated rings. The van der Waals surface area contributed by atoms with Crippen LogP contribution in [0.15, 0.2) is 17.1 Å². The molecule has 1 aromatic carbocycles. The Hall–Kier alpha value is -1.36. The zero-order valence-corrected chi connectivity index (χ0v) is 9.43. The molecule has 0 amide bonds. The molecule has 1 aliphatic heterocycles. The van der Waals surface area contributed by atoms with Crippen LogP contribution < -0.4 is 0 Å². The van der Waals surface area contributed by atoms with E-state index >= 15 is 0 Å². The number of halogens is 4. The number of hydrogen-bond donors (Lipinski definition) is 0. The lowest BCUT2D eigenvalue weighted by Crippen LogP contribution is -2.18. The van der Waals surface area contributed by atoms with Gasteiger partial charge in [-0.2, -0.15) is 13.2 Å². The van der Waals surface area contributed by atoms with Crippen molar-refractivity contribution in [1.82, 2.24) is 0 Å². The van der Waals surface area contributed by atoms with Gasteiger partial charge in [0.2, 0.25) is 0 Å². The Morgan fingerprint density at radius 1 is 1.35 bits per heavy atom. The van der Waals surface area contributed by atoms with Crippen molar-refractivity contribution in [2.24, 2.45) is 10.9 Å². The molecule has 17 heavy (non-hydrogen) atoms. The molecule has 0 saturated carbocycles. The minimum atomic E-state index is -4.52. The highest BCUT2D eigenvalue weighted by molar-refractivity contribution is 6.34. The second-order valence-corrected chi connectivity index (χ2v) is 4.19. The molecule has 0 spiro atoms. The van der Waals surface area contributed by atoms with E-state index in [4.69, 9.17) is 11.6 Å². The summed E-state index contributed by atoms with van der Waals surface area (Å²) in [5.74, 6) is -0.926. The van der Waals surface area contributed by atoms with Crippen molar-refractivity contribution in [3.8, 4) is 0 Å². The van der Waals surface area contributed by atoms with E-state index in [0.717, 1.165) is 12.1 Å². The Morgan fingerprint density at radius 3 is 2.59 bits per heavy atom. The average molecular weight is 262 g/mol. The fraction of sp³-hybridized carbons (Fsp3) is 0.273. The number of ketones is 1. The number of rotatable bonds is 0. The predicted molar refractivity (Wildman–Crippen MR) is 58.1 cm³/mol. The van der Waals surface area contributed by atoms with Gasteiger partial charge in [-0.1, -0.05) is 18.5 Å². The van der Waals surface area contributed by atoms with Crippen LogP contribution in [0.3, 0.4) is 0 Å². The molecule has 2 rings (SSSR count). The number of fused-ring (bicyclic) bond motifs is 1. The largest absolute Gasteiger partial charge is 0.416 e. The summed E-state index contributed by atoms with van der Waals surface area (Å²) in [7, 11) is 0. The van der Waals surface area contributed by atoms with Crippen LogP contribution in [0, 0.1) is 5.92 Å². The van der Waals surface area contributed by atoms with Crippen LogP contribution >= 0.6 is 11.6 Å². The van der Waals surface area contributed by atoms with Gasteiger partial charge in [-0.3, -0.25) is 9.79 Å². The molecule has 0 saturated heterocycles. The van der Waals surface area contributed by atoms with Crippen LogP contribution in [0.1, 0.15) is 22.8 Å². The smallest absolute Gasteiger partial charge is 0.293 e. The van der Waals surface area contributed by atoms with Crippen LogP contribution in [0.4, 0.5) is 18.9 Å². The van der Waals surface area contributed by atoms with Crippen LogP contribution in [-0.4, -0.2) is 12.0 Å². The van der Waals surface area contributed by atoms with Crippen molar-refractivity contribution in [1.29, 1.82) is 0 Å². The molecule has 1 atom stereocenters. The third-order valence-corrected chi connectivity index (χ3v) is 2.79. The first-order valence-electron chi connectivity index (χ1n) is 4.80. The lowest BCUT2D eigenvalue weighted by atomic mass is 9.94. The summed E-state index contributed by atoms with van der Waals surface area (Å²) in [6.45, 7) is 1.57. The van der Waals surface area contributed by atoms with Crippen LogP contribution in [0.25, 0.3) is 0 Å². The van der Waals surface area contributed by atoms with E-state index in [1.165, 1.54) is 6.21 Å². The van der Waals surface area contributed by atoms with Gasteiger partial charge in [-0.25, -0.2) is 0 Å². The second-order valence-electron chi connectivity index (χ2n) is 3.78. The molecule has 90 valence electrons. The van der Waals surface area contributed by atoms with E-state index in [1.807, 2.05) is 0 Å². The number of benzene rings is 1. The molecule has 2 nitrogen and oxygen atoms in total. The number of alkyl halides is 3. The molecule has 0 aromatic heterocycles. The highest BCUT2D eigenvalue weighted by atomic mass is 35.5. The molecule has 0 N–H and O–H groups in total. The molecular formula is C11H7ClF3NO. The maximum atomic E-state index is 12.6. The number of Topliss-reactive ketones (excluding diaryl/α,β-unsaturated/α-hetero) is 1. The molecular weight excluding hydrogens is 255 g/mol. The van der Waals surface area contributed by atoms with Crippen molar-refractivity contribution in [3.63, 3.8) is 0 Å². The van der Waals surface area contributed by atoms with Gasteiger partial charge in [-0.05, 0) is 12.1 Å². The van der Waals surface area contributed by atoms with Crippen LogP contribution in [-0.2, 0) is 6.18 Å². The van der Waals surface area contributed by atoms with Gasteiger partial charge >= 0.3 is 6.18 Å². The summed E-state index contributed by atoms with van der Waals surface area (Å²) in [6, 6.07) is 1.58. The standard InChI is InChI=1S/C11H7ClF3NO/c1-5-4-16-9-7(10(5)17)2-6(3-8(9)12)11(13,14)15/h2-5H,1H3. The Bertz CT molecular complexity index is 522. The van der Waals surface area contributed by atoms with Crippen molar-refractivity contribution in [2.45, 2.75) is 13.1 Å². The molecule has 6 heteroatoms. The van der Waals surface area contributed by atoms with Gasteiger partial charge < -0.3 is 0 Å². The molecule has 0 radical (unpaired) electrons. The summed E-state index contributed by atoms with van der Waals surface area (Å²) in [5, 5.41) is -0.161. The lowest BCUT2D eigenvalue weighted by Gasteiger charge is -2.17. The number of carbonyl (C=O) groups excluding carboxylic acids is 1. The highest BCUT2D eigenvalue weighted by Gasteiger charge is 2.34. The third-order valence-electron chi connectivity index (χ3n) is 2.50. The van der Waals surface area contributed by atoms with Gasteiger partial charge in [0, 0.05) is 11.8 Å². The van der Waals surface area contributed by atoms with Crippen LogP contribution in [0.2, 0.25) is 5.02 Å². The first-order chi connectivity index (χ1) is 7.80. The van der Waals surface area contributed by atoms with Crippen molar-refractivity contribution >= 4 is 29.3 Å². The maximum absolute atomic E-state index is 12.6. The first-order valence-corrected chi connectivity index (χ1v) is 5.17. The predicted octanol–water partition coefficient (Wildman–Crippen LogP) is 3.89. The molecule has 1 unspecified atom stereocenters. The summed E-state index contributed by atoms with van der Waals surface area (Å²) >= 11 is 5.70. The van der Waals surface area contributed by atoms with Crippen LogP contribution in [0.5, 0.6) is 0 Å². The number of aliphatic imine (C=N–C) groups is 1. The fourth-order valence-electron chi connectivity index (χ4n) is 1.58. The van der Waals surface area contributed by atoms with Crippen molar-refractivity contribution < 1.29 is 18.0 Å². The van der Waals surface area contributed by atoms with E-state index < -0.39 is 23.4 Å². The minimum absolute atomic E-state index is 0.0696. The quantitative estimate of drug-likeness (QED) is 0.696. The summed E-state index contributed by atoms with van der Waals surface area (Å²) in [5.41, 5.74) is -0.888. The Balaban J connectivity index is 2.65. The molecule has 1 aromatic rings. The van der Waals surface area contributed by atoms with Gasteiger partial charge in [0.1, 0.15) is 0 Å². The fourth-order valence-corrected chi connectivity index (χ4v) is 1.85. The SMILES string of the molecule is CC1C=Nc2c(Cl)cc(C(F)(F)F)cc2C1=O. The molecule has 1 heterocycles. The maximum Gasteiger partial charge on any atom is 0.416 e. The lowest BCUT2D eigenvalue weighted by molar-refractivity contribution is -0.137. The average Bonchev–Trinajstić information content (AvgIpc) is 2.22. The van der Waals surface area contributed by atoms with Gasteiger partial charge in [-0.15, -0.1) is 0 Å². The zero-order valence-electron chi connectivity index (χ0n) is 8.68. The Labute approximate surface area is 100 Å². The van der Waals surface area contributed by atoms with E-state index in [1.54, 1.807) is 6.92 Å². The summed E-state index contributed by atoms with van der Waals surface area (Å²) < 4.78 is 37.7. The Kier molecular flexibility index (Phi) is 2.73. The van der Waals surface area contributed by atoms with E-state index in [-0.39, 0.29) is 16.3 Å². The zero-order chi connectivity index (χ0) is 12.8. The topological polar surface area (TPSA) is 29.4 Å². The normalized spacial score (nSPS) is 19.4. The third kappa shape index (κ3) is 2.07. The van der Waals surface area contributed by atoms with E-state index in [9.17, 15) is 18.0 Å². The Morgan fingerprint density at radius 2 is 2.00 bits per heavy atom. The number of carbonyl (C=O) groups is 1.